The van der Waals surface area contributed by atoms with Gasteiger partial charge in [-0.3, -0.25) is 9.69 Å². The first-order valence-corrected chi connectivity index (χ1v) is 7.78. The van der Waals surface area contributed by atoms with Crippen molar-refractivity contribution < 1.29 is 9.18 Å². The second-order valence-electron chi connectivity index (χ2n) is 6.69. The lowest BCUT2D eigenvalue weighted by Crippen LogP contribution is -2.60. The minimum Gasteiger partial charge on any atom is -0.341 e. The molecular weight excluding hydrogens is 267 g/mol. The summed E-state index contributed by atoms with van der Waals surface area (Å²) < 4.78 is 13.0. The molecule has 0 N–H and O–H groups in total. The van der Waals surface area contributed by atoms with Crippen molar-refractivity contribution in [3.63, 3.8) is 0 Å². The van der Waals surface area contributed by atoms with Crippen molar-refractivity contribution in [3.8, 4) is 0 Å². The van der Waals surface area contributed by atoms with Gasteiger partial charge >= 0.3 is 0 Å². The third-order valence-corrected chi connectivity index (χ3v) is 4.94. The zero-order valence-electron chi connectivity index (χ0n) is 12.8. The number of hydrogen-bond acceptors (Lipinski definition) is 2. The van der Waals surface area contributed by atoms with Crippen LogP contribution in [0.15, 0.2) is 24.3 Å². The SMILES string of the molecule is CC(C)C(=O)N1CCC2(CCN2Cc2ccc(F)cc2)C1. The first-order valence-electron chi connectivity index (χ1n) is 7.78. The van der Waals surface area contributed by atoms with Crippen LogP contribution in [0, 0.1) is 11.7 Å². The van der Waals surface area contributed by atoms with Gasteiger partial charge in [-0.2, -0.15) is 0 Å². The molecule has 2 heterocycles. The van der Waals surface area contributed by atoms with E-state index < -0.39 is 0 Å². The normalized spacial score (nSPS) is 25.6. The van der Waals surface area contributed by atoms with Crippen molar-refractivity contribution in [2.24, 2.45) is 5.92 Å². The maximum absolute atomic E-state index is 13.0. The quantitative estimate of drug-likeness (QED) is 0.854. The molecule has 21 heavy (non-hydrogen) atoms. The number of likely N-dealkylation sites (tertiary alicyclic amines) is 2. The molecule has 0 radical (unpaired) electrons. The van der Waals surface area contributed by atoms with Crippen LogP contribution in [0.2, 0.25) is 0 Å². The fourth-order valence-electron chi connectivity index (χ4n) is 3.51. The monoisotopic (exact) mass is 290 g/mol. The van der Waals surface area contributed by atoms with Crippen molar-refractivity contribution in [3.05, 3.63) is 35.6 Å². The summed E-state index contributed by atoms with van der Waals surface area (Å²) in [6.07, 6.45) is 2.22. The molecule has 3 nitrogen and oxygen atoms in total. The topological polar surface area (TPSA) is 23.6 Å². The summed E-state index contributed by atoms with van der Waals surface area (Å²) >= 11 is 0. The highest BCUT2D eigenvalue weighted by molar-refractivity contribution is 5.78. The van der Waals surface area contributed by atoms with E-state index in [1.807, 2.05) is 30.9 Å². The molecule has 2 saturated heterocycles. The molecule has 2 aliphatic heterocycles. The summed E-state index contributed by atoms with van der Waals surface area (Å²) in [5, 5.41) is 0. The lowest BCUT2D eigenvalue weighted by atomic mass is 9.83. The van der Waals surface area contributed by atoms with Gasteiger partial charge in [-0.15, -0.1) is 0 Å². The minimum absolute atomic E-state index is 0.0748. The molecule has 1 aromatic rings. The van der Waals surface area contributed by atoms with Crippen LogP contribution in [-0.4, -0.2) is 40.9 Å². The van der Waals surface area contributed by atoms with Gasteiger partial charge in [0.05, 0.1) is 0 Å². The number of benzene rings is 1. The van der Waals surface area contributed by atoms with E-state index in [0.29, 0.717) is 0 Å². The Kier molecular flexibility index (Phi) is 3.74. The van der Waals surface area contributed by atoms with E-state index in [1.54, 1.807) is 0 Å². The summed E-state index contributed by atoms with van der Waals surface area (Å²) in [6, 6.07) is 6.75. The number of nitrogens with zero attached hydrogens (tertiary/aromatic N) is 2. The van der Waals surface area contributed by atoms with Crippen molar-refractivity contribution in [2.45, 2.75) is 38.8 Å². The average Bonchev–Trinajstić information content (AvgIpc) is 2.92. The van der Waals surface area contributed by atoms with Crippen molar-refractivity contribution in [2.75, 3.05) is 19.6 Å². The lowest BCUT2D eigenvalue weighted by Gasteiger charge is -2.51. The van der Waals surface area contributed by atoms with Crippen molar-refractivity contribution in [1.82, 2.24) is 9.80 Å². The first-order chi connectivity index (χ1) is 10.00. The Balaban J connectivity index is 1.64. The van der Waals surface area contributed by atoms with E-state index in [9.17, 15) is 9.18 Å². The van der Waals surface area contributed by atoms with E-state index in [-0.39, 0.29) is 23.2 Å². The van der Waals surface area contributed by atoms with Crippen LogP contribution in [0.25, 0.3) is 0 Å². The zero-order valence-corrected chi connectivity index (χ0v) is 12.8. The first kappa shape index (κ1) is 14.5. The smallest absolute Gasteiger partial charge is 0.225 e. The number of carbonyl (C=O) groups is 1. The summed E-state index contributed by atoms with van der Waals surface area (Å²) in [4.78, 5) is 16.6. The summed E-state index contributed by atoms with van der Waals surface area (Å²) in [5.74, 6) is 0.151. The van der Waals surface area contributed by atoms with Crippen LogP contribution >= 0.6 is 0 Å². The molecule has 1 spiro atoms. The average molecular weight is 290 g/mol. The molecule has 1 aromatic carbocycles. The van der Waals surface area contributed by atoms with Gasteiger partial charge in [0.15, 0.2) is 0 Å². The third kappa shape index (κ3) is 2.69. The van der Waals surface area contributed by atoms with Crippen LogP contribution in [-0.2, 0) is 11.3 Å². The van der Waals surface area contributed by atoms with Crippen LogP contribution in [0.4, 0.5) is 4.39 Å². The fraction of sp³-hybridized carbons (Fsp3) is 0.588. The number of carbonyl (C=O) groups excluding carboxylic acids is 1. The molecule has 4 heteroatoms. The van der Waals surface area contributed by atoms with Crippen LogP contribution in [0.3, 0.4) is 0 Å². The van der Waals surface area contributed by atoms with Crippen LogP contribution < -0.4 is 0 Å². The van der Waals surface area contributed by atoms with Crippen LogP contribution in [0.5, 0.6) is 0 Å². The number of halogens is 1. The van der Waals surface area contributed by atoms with Gasteiger partial charge in [-0.25, -0.2) is 4.39 Å². The minimum atomic E-state index is -0.188. The standard InChI is InChI=1S/C17H23FN2O/c1-13(2)16(21)19-9-7-17(12-19)8-10-20(17)11-14-3-5-15(18)6-4-14/h3-6,13H,7-12H2,1-2H3. The molecular formula is C17H23FN2O. The molecule has 1 atom stereocenters. The van der Waals surface area contributed by atoms with Gasteiger partial charge in [-0.05, 0) is 30.5 Å². The highest BCUT2D eigenvalue weighted by Gasteiger charge is 2.49. The van der Waals surface area contributed by atoms with Gasteiger partial charge in [0.25, 0.3) is 0 Å². The van der Waals surface area contributed by atoms with E-state index in [1.165, 1.54) is 12.1 Å². The molecule has 0 aliphatic carbocycles. The predicted molar refractivity (Wildman–Crippen MR) is 80.2 cm³/mol. The van der Waals surface area contributed by atoms with E-state index in [4.69, 9.17) is 0 Å². The highest BCUT2D eigenvalue weighted by Crippen LogP contribution is 2.40. The Labute approximate surface area is 125 Å². The summed E-state index contributed by atoms with van der Waals surface area (Å²) in [6.45, 7) is 7.57. The van der Waals surface area contributed by atoms with Gasteiger partial charge < -0.3 is 4.90 Å². The molecule has 2 aliphatic rings. The maximum atomic E-state index is 13.0. The molecule has 114 valence electrons. The predicted octanol–water partition coefficient (Wildman–Crippen LogP) is 2.66. The number of hydrogen-bond donors (Lipinski definition) is 0. The Morgan fingerprint density at radius 2 is 1.90 bits per heavy atom. The Morgan fingerprint density at radius 3 is 2.48 bits per heavy atom. The van der Waals surface area contributed by atoms with E-state index in [2.05, 4.69) is 4.90 Å². The summed E-state index contributed by atoms with van der Waals surface area (Å²) in [7, 11) is 0. The molecule has 3 rings (SSSR count). The second kappa shape index (κ2) is 5.41. The fourth-order valence-corrected chi connectivity index (χ4v) is 3.51. The Hall–Kier alpha value is -1.42. The van der Waals surface area contributed by atoms with E-state index >= 15 is 0 Å². The maximum Gasteiger partial charge on any atom is 0.225 e. The molecule has 0 bridgehead atoms. The highest BCUT2D eigenvalue weighted by atomic mass is 19.1. The zero-order chi connectivity index (χ0) is 15.0. The number of rotatable bonds is 3. The second-order valence-corrected chi connectivity index (χ2v) is 6.69. The molecule has 0 saturated carbocycles. The summed E-state index contributed by atoms with van der Waals surface area (Å²) in [5.41, 5.74) is 1.31. The number of amides is 1. The largest absolute Gasteiger partial charge is 0.341 e. The lowest BCUT2D eigenvalue weighted by molar-refractivity contribution is -0.134. The molecule has 1 unspecified atom stereocenters. The third-order valence-electron chi connectivity index (χ3n) is 4.94. The van der Waals surface area contributed by atoms with Gasteiger partial charge in [0.2, 0.25) is 5.91 Å². The Morgan fingerprint density at radius 1 is 1.24 bits per heavy atom. The Bertz CT molecular complexity index is 528. The molecule has 0 aromatic heterocycles. The van der Waals surface area contributed by atoms with Crippen molar-refractivity contribution >= 4 is 5.91 Å². The van der Waals surface area contributed by atoms with Gasteiger partial charge in [0, 0.05) is 37.6 Å². The van der Waals surface area contributed by atoms with Crippen LogP contribution in [0.1, 0.15) is 32.3 Å². The molecule has 2 fully saturated rings. The van der Waals surface area contributed by atoms with Gasteiger partial charge in [-0.1, -0.05) is 26.0 Å². The molecule has 1 amide bonds. The van der Waals surface area contributed by atoms with E-state index in [0.717, 1.165) is 44.6 Å². The van der Waals surface area contributed by atoms with Crippen molar-refractivity contribution in [1.29, 1.82) is 0 Å². The van der Waals surface area contributed by atoms with Gasteiger partial charge in [0.1, 0.15) is 5.82 Å².